The lowest BCUT2D eigenvalue weighted by atomic mass is 9.96. The minimum atomic E-state index is -0.735. The van der Waals surface area contributed by atoms with Crippen LogP contribution in [0.5, 0.6) is 0 Å². The summed E-state index contributed by atoms with van der Waals surface area (Å²) in [6.45, 7) is 3.67. The van der Waals surface area contributed by atoms with E-state index in [1.54, 1.807) is 24.3 Å². The topological polar surface area (TPSA) is 114 Å². The number of methoxy groups -OCH3 is 1. The minimum absolute atomic E-state index is 0.0242. The predicted octanol–water partition coefficient (Wildman–Crippen LogP) is 4.07. The van der Waals surface area contributed by atoms with Crippen LogP contribution in [0.4, 0.5) is 10.5 Å². The molecule has 2 N–H and O–H groups in total. The lowest BCUT2D eigenvalue weighted by molar-refractivity contribution is -0.147. The lowest BCUT2D eigenvalue weighted by Gasteiger charge is -2.27. The molecule has 9 nitrogen and oxygen atoms in total. The van der Waals surface area contributed by atoms with Gasteiger partial charge >= 0.3 is 12.0 Å². The fraction of sp³-hybridized carbons (Fsp3) is 0.500. The zero-order valence-electron chi connectivity index (χ0n) is 19.6. The van der Waals surface area contributed by atoms with Crippen molar-refractivity contribution in [3.8, 4) is 11.3 Å². The molecule has 2 aromatic rings. The molecule has 0 radical (unpaired) electrons. The van der Waals surface area contributed by atoms with Crippen molar-refractivity contribution in [1.82, 2.24) is 15.4 Å². The van der Waals surface area contributed by atoms with Crippen LogP contribution < -0.4 is 10.6 Å². The Labute approximate surface area is 193 Å². The molecule has 3 amide bonds. The number of carbonyl (C=O) groups is 3. The number of aromatic nitrogens is 1. The largest absolute Gasteiger partial charge is 0.467 e. The number of amides is 3. The molecule has 1 heterocycles. The van der Waals surface area contributed by atoms with Gasteiger partial charge < -0.3 is 24.8 Å². The van der Waals surface area contributed by atoms with Crippen molar-refractivity contribution in [2.45, 2.75) is 58.0 Å². The van der Waals surface area contributed by atoms with Crippen molar-refractivity contribution in [2.24, 2.45) is 5.92 Å². The Morgan fingerprint density at radius 1 is 1.12 bits per heavy atom. The second kappa shape index (κ2) is 11.0. The molecule has 33 heavy (non-hydrogen) atoms. The van der Waals surface area contributed by atoms with Crippen LogP contribution in [0.1, 0.15) is 56.5 Å². The van der Waals surface area contributed by atoms with Gasteiger partial charge in [-0.15, -0.1) is 0 Å². The first kappa shape index (κ1) is 24.3. The molecular formula is C24H32N4O5. The second-order valence-electron chi connectivity index (χ2n) is 8.72. The average Bonchev–Trinajstić information content (AvgIpc) is 3.29. The Balaban J connectivity index is 1.63. The molecule has 1 fully saturated rings. The van der Waals surface area contributed by atoms with Crippen LogP contribution in [0.25, 0.3) is 11.3 Å². The van der Waals surface area contributed by atoms with Crippen molar-refractivity contribution in [2.75, 3.05) is 19.5 Å². The first-order valence-electron chi connectivity index (χ1n) is 11.3. The molecule has 1 aliphatic rings. The summed E-state index contributed by atoms with van der Waals surface area (Å²) in [4.78, 5) is 38.4. The van der Waals surface area contributed by atoms with Gasteiger partial charge in [0.15, 0.2) is 0 Å². The summed E-state index contributed by atoms with van der Waals surface area (Å²) in [6, 6.07) is 7.93. The first-order valence-corrected chi connectivity index (χ1v) is 11.3. The van der Waals surface area contributed by atoms with Crippen LogP contribution in [-0.2, 0) is 9.53 Å². The van der Waals surface area contributed by atoms with E-state index in [0.717, 1.165) is 31.2 Å². The molecular weight excluding hydrogens is 424 g/mol. The number of ether oxygens (including phenoxy) is 1. The molecule has 3 rings (SSSR count). The van der Waals surface area contributed by atoms with Gasteiger partial charge in [-0.25, -0.2) is 9.59 Å². The third kappa shape index (κ3) is 6.12. The van der Waals surface area contributed by atoms with E-state index >= 15 is 0 Å². The predicted molar refractivity (Wildman–Crippen MR) is 124 cm³/mol. The molecule has 0 bridgehead atoms. The highest BCUT2D eigenvalue weighted by Gasteiger charge is 2.32. The van der Waals surface area contributed by atoms with Crippen molar-refractivity contribution in [3.05, 3.63) is 36.1 Å². The number of nitrogens with one attached hydrogen (secondary N) is 2. The van der Waals surface area contributed by atoms with E-state index in [9.17, 15) is 14.4 Å². The molecule has 0 aliphatic heterocycles. The Morgan fingerprint density at radius 3 is 2.39 bits per heavy atom. The number of urea groups is 1. The number of likely N-dealkylation sites (N-methyl/N-ethyl adjacent to an activating group) is 1. The zero-order chi connectivity index (χ0) is 24.0. The van der Waals surface area contributed by atoms with Crippen molar-refractivity contribution in [1.29, 1.82) is 0 Å². The number of anilines is 1. The number of esters is 1. The Morgan fingerprint density at radius 2 is 1.79 bits per heavy atom. The number of hydrogen-bond donors (Lipinski definition) is 2. The van der Waals surface area contributed by atoms with Gasteiger partial charge in [0.25, 0.3) is 5.91 Å². The van der Waals surface area contributed by atoms with Crippen LogP contribution in [0.2, 0.25) is 0 Å². The lowest BCUT2D eigenvalue weighted by Crippen LogP contribution is -2.46. The van der Waals surface area contributed by atoms with E-state index in [1.165, 1.54) is 31.5 Å². The molecule has 1 unspecified atom stereocenters. The molecule has 1 aromatic heterocycles. The summed E-state index contributed by atoms with van der Waals surface area (Å²) < 4.78 is 10.1. The van der Waals surface area contributed by atoms with Gasteiger partial charge in [0.2, 0.25) is 5.76 Å². The fourth-order valence-corrected chi connectivity index (χ4v) is 4.13. The summed E-state index contributed by atoms with van der Waals surface area (Å²) in [7, 11) is 2.83. The van der Waals surface area contributed by atoms with Crippen molar-refractivity contribution < 1.29 is 23.6 Å². The maximum Gasteiger partial charge on any atom is 0.328 e. The molecule has 1 saturated carbocycles. The SMILES string of the molecule is COC(=O)C(C(C)C)N(C)C(=O)c1cc(-c2ccc(NC(=O)NC3CCCCC3)cc2)no1. The van der Waals surface area contributed by atoms with E-state index < -0.39 is 17.9 Å². The smallest absolute Gasteiger partial charge is 0.328 e. The number of rotatable bonds is 7. The summed E-state index contributed by atoms with van der Waals surface area (Å²) in [5.41, 5.74) is 1.86. The third-order valence-corrected chi connectivity index (χ3v) is 5.91. The Kier molecular flexibility index (Phi) is 8.08. The van der Waals surface area contributed by atoms with E-state index in [-0.39, 0.29) is 23.8 Å². The highest BCUT2D eigenvalue weighted by molar-refractivity contribution is 5.95. The quantitative estimate of drug-likeness (QED) is 0.607. The van der Waals surface area contributed by atoms with Crippen LogP contribution in [0.15, 0.2) is 34.9 Å². The number of benzene rings is 1. The van der Waals surface area contributed by atoms with Gasteiger partial charge in [-0.1, -0.05) is 50.4 Å². The Hall–Kier alpha value is -3.36. The summed E-state index contributed by atoms with van der Waals surface area (Å²) in [6.07, 6.45) is 5.58. The van der Waals surface area contributed by atoms with Gasteiger partial charge in [0.05, 0.1) is 7.11 Å². The highest BCUT2D eigenvalue weighted by Crippen LogP contribution is 2.23. The normalized spacial score (nSPS) is 15.1. The van der Waals surface area contributed by atoms with Gasteiger partial charge in [0, 0.05) is 30.4 Å². The van der Waals surface area contributed by atoms with Gasteiger partial charge in [-0.05, 0) is 30.9 Å². The van der Waals surface area contributed by atoms with Crippen LogP contribution in [0, 0.1) is 5.92 Å². The fourth-order valence-electron chi connectivity index (χ4n) is 4.13. The molecule has 0 saturated heterocycles. The van der Waals surface area contributed by atoms with E-state index in [0.29, 0.717) is 11.4 Å². The number of carbonyl (C=O) groups excluding carboxylic acids is 3. The average molecular weight is 457 g/mol. The molecule has 9 heteroatoms. The van der Waals surface area contributed by atoms with Crippen LogP contribution >= 0.6 is 0 Å². The third-order valence-electron chi connectivity index (χ3n) is 5.91. The number of nitrogens with zero attached hydrogens (tertiary/aromatic N) is 2. The first-order chi connectivity index (χ1) is 15.8. The molecule has 178 valence electrons. The van der Waals surface area contributed by atoms with E-state index in [2.05, 4.69) is 15.8 Å². The molecule has 1 aliphatic carbocycles. The second-order valence-corrected chi connectivity index (χ2v) is 8.72. The van der Waals surface area contributed by atoms with Crippen molar-refractivity contribution >= 4 is 23.6 Å². The number of hydrogen-bond acceptors (Lipinski definition) is 6. The standard InChI is InChI=1S/C24H32N4O5/c1-15(2)21(23(30)32-4)28(3)22(29)20-14-19(27-33-20)16-10-12-18(13-11-16)26-24(31)25-17-8-6-5-7-9-17/h10-15,17,21H,5-9H2,1-4H3,(H2,25,26,31). The maximum absolute atomic E-state index is 12.8. The van der Waals surface area contributed by atoms with Gasteiger partial charge in [0.1, 0.15) is 11.7 Å². The van der Waals surface area contributed by atoms with E-state index in [1.807, 2.05) is 13.8 Å². The van der Waals surface area contributed by atoms with Gasteiger partial charge in [-0.2, -0.15) is 0 Å². The molecule has 0 spiro atoms. The zero-order valence-corrected chi connectivity index (χ0v) is 19.6. The Bertz CT molecular complexity index is 963. The maximum atomic E-state index is 12.8. The molecule has 1 aromatic carbocycles. The van der Waals surface area contributed by atoms with Crippen molar-refractivity contribution in [3.63, 3.8) is 0 Å². The summed E-state index contributed by atoms with van der Waals surface area (Å²) >= 11 is 0. The highest BCUT2D eigenvalue weighted by atomic mass is 16.5. The summed E-state index contributed by atoms with van der Waals surface area (Å²) in [5.74, 6) is -1.06. The monoisotopic (exact) mass is 456 g/mol. The molecule has 1 atom stereocenters. The van der Waals surface area contributed by atoms with Crippen LogP contribution in [0.3, 0.4) is 0 Å². The summed E-state index contributed by atoms with van der Waals surface area (Å²) in [5, 5.41) is 9.85. The van der Waals surface area contributed by atoms with E-state index in [4.69, 9.17) is 9.26 Å². The van der Waals surface area contributed by atoms with Crippen LogP contribution in [-0.4, -0.2) is 54.2 Å². The minimum Gasteiger partial charge on any atom is -0.467 e. The van der Waals surface area contributed by atoms with Gasteiger partial charge in [-0.3, -0.25) is 4.79 Å².